The summed E-state index contributed by atoms with van der Waals surface area (Å²) < 4.78 is 34.6. The lowest BCUT2D eigenvalue weighted by molar-refractivity contribution is 0.0162. The standard InChI is InChI=1S/C23H24F2N4O2/c1-28-15-19(22(27-28)18-8-7-17(24)13-20(18)25)23(30)26-14-21(16-5-3-2-4-6-16)29-9-11-31-12-10-29/h2-8,13,15,21H,9-12,14H2,1H3,(H,26,30). The van der Waals surface area contributed by atoms with Crippen molar-refractivity contribution in [3.63, 3.8) is 0 Å². The highest BCUT2D eigenvalue weighted by Gasteiger charge is 2.25. The maximum atomic E-state index is 14.3. The van der Waals surface area contributed by atoms with Crippen molar-refractivity contribution >= 4 is 5.91 Å². The van der Waals surface area contributed by atoms with E-state index in [1.165, 1.54) is 10.7 Å². The number of hydrogen-bond donors (Lipinski definition) is 1. The van der Waals surface area contributed by atoms with Gasteiger partial charge in [0.05, 0.1) is 24.8 Å². The van der Waals surface area contributed by atoms with E-state index in [-0.39, 0.29) is 28.8 Å². The number of benzene rings is 2. The Balaban J connectivity index is 1.56. The van der Waals surface area contributed by atoms with Gasteiger partial charge in [-0.2, -0.15) is 5.10 Å². The van der Waals surface area contributed by atoms with Gasteiger partial charge in [-0.1, -0.05) is 30.3 Å². The predicted octanol–water partition coefficient (Wildman–Crippen LogP) is 3.17. The molecular weight excluding hydrogens is 402 g/mol. The van der Waals surface area contributed by atoms with Crippen molar-refractivity contribution in [1.29, 1.82) is 0 Å². The van der Waals surface area contributed by atoms with Gasteiger partial charge in [0.15, 0.2) is 0 Å². The highest BCUT2D eigenvalue weighted by atomic mass is 19.1. The molecule has 1 saturated heterocycles. The van der Waals surface area contributed by atoms with Crippen molar-refractivity contribution in [2.45, 2.75) is 6.04 Å². The van der Waals surface area contributed by atoms with Gasteiger partial charge >= 0.3 is 0 Å². The second-order valence-corrected chi connectivity index (χ2v) is 7.47. The fourth-order valence-electron chi connectivity index (χ4n) is 3.84. The Hall–Kier alpha value is -3.10. The lowest BCUT2D eigenvalue weighted by Crippen LogP contribution is -2.43. The number of amides is 1. The average molecular weight is 426 g/mol. The molecule has 0 spiro atoms. The summed E-state index contributed by atoms with van der Waals surface area (Å²) in [5.74, 6) is -1.80. The number of nitrogens with zero attached hydrogens (tertiary/aromatic N) is 3. The largest absolute Gasteiger partial charge is 0.379 e. The molecule has 2 heterocycles. The molecule has 1 amide bonds. The highest BCUT2D eigenvalue weighted by molar-refractivity contribution is 5.99. The van der Waals surface area contributed by atoms with E-state index >= 15 is 0 Å². The van der Waals surface area contributed by atoms with Crippen LogP contribution in [0, 0.1) is 11.6 Å². The van der Waals surface area contributed by atoms with E-state index in [1.54, 1.807) is 13.2 Å². The van der Waals surface area contributed by atoms with Crippen LogP contribution in [0.3, 0.4) is 0 Å². The molecule has 1 unspecified atom stereocenters. The van der Waals surface area contributed by atoms with Crippen LogP contribution < -0.4 is 5.32 Å². The molecule has 0 saturated carbocycles. The number of carbonyl (C=O) groups excluding carboxylic acids is 1. The van der Waals surface area contributed by atoms with Crippen LogP contribution in [0.5, 0.6) is 0 Å². The van der Waals surface area contributed by atoms with Crippen LogP contribution in [-0.2, 0) is 11.8 Å². The molecule has 4 rings (SSSR count). The molecule has 0 radical (unpaired) electrons. The second kappa shape index (κ2) is 9.36. The molecule has 8 heteroatoms. The Bertz CT molecular complexity index is 1050. The molecule has 31 heavy (non-hydrogen) atoms. The number of hydrogen-bond acceptors (Lipinski definition) is 4. The third-order valence-electron chi connectivity index (χ3n) is 5.39. The van der Waals surface area contributed by atoms with Gasteiger partial charge in [0.25, 0.3) is 5.91 Å². The van der Waals surface area contributed by atoms with Crippen molar-refractivity contribution < 1.29 is 18.3 Å². The van der Waals surface area contributed by atoms with Gasteiger partial charge in [-0.3, -0.25) is 14.4 Å². The summed E-state index contributed by atoms with van der Waals surface area (Å²) in [5.41, 5.74) is 1.60. The van der Waals surface area contributed by atoms with E-state index in [4.69, 9.17) is 4.74 Å². The third-order valence-corrected chi connectivity index (χ3v) is 5.39. The summed E-state index contributed by atoms with van der Waals surface area (Å²) >= 11 is 0. The number of nitrogens with one attached hydrogen (secondary N) is 1. The zero-order chi connectivity index (χ0) is 21.8. The Morgan fingerprint density at radius 2 is 1.90 bits per heavy atom. The normalized spacial score (nSPS) is 15.6. The lowest BCUT2D eigenvalue weighted by Gasteiger charge is -2.34. The maximum Gasteiger partial charge on any atom is 0.255 e. The molecule has 1 aliphatic rings. The van der Waals surface area contributed by atoms with E-state index in [2.05, 4.69) is 15.3 Å². The first-order valence-corrected chi connectivity index (χ1v) is 10.2. The monoisotopic (exact) mass is 426 g/mol. The first kappa shape index (κ1) is 21.1. The molecule has 1 N–H and O–H groups in total. The molecular formula is C23H24F2N4O2. The van der Waals surface area contributed by atoms with Gasteiger partial charge in [0, 0.05) is 44.5 Å². The number of aryl methyl sites for hydroxylation is 1. The Labute approximate surface area is 179 Å². The van der Waals surface area contributed by atoms with Crippen LogP contribution in [0.25, 0.3) is 11.3 Å². The number of aromatic nitrogens is 2. The van der Waals surface area contributed by atoms with Crippen molar-refractivity contribution in [2.75, 3.05) is 32.8 Å². The number of rotatable bonds is 6. The fraction of sp³-hybridized carbons (Fsp3) is 0.304. The lowest BCUT2D eigenvalue weighted by atomic mass is 10.0. The molecule has 0 bridgehead atoms. The van der Waals surface area contributed by atoms with E-state index < -0.39 is 11.6 Å². The second-order valence-electron chi connectivity index (χ2n) is 7.47. The summed E-state index contributed by atoms with van der Waals surface area (Å²) in [4.78, 5) is 15.3. The van der Waals surface area contributed by atoms with Gasteiger partial charge < -0.3 is 10.1 Å². The SMILES string of the molecule is Cn1cc(C(=O)NCC(c2ccccc2)N2CCOCC2)c(-c2ccc(F)cc2F)n1. The summed E-state index contributed by atoms with van der Waals surface area (Å²) in [6.45, 7) is 3.22. The maximum absolute atomic E-state index is 14.3. The number of morpholine rings is 1. The summed E-state index contributed by atoms with van der Waals surface area (Å²) in [5, 5.41) is 7.21. The molecule has 162 valence electrons. The van der Waals surface area contributed by atoms with Gasteiger partial charge in [-0.05, 0) is 17.7 Å². The predicted molar refractivity (Wildman–Crippen MR) is 112 cm³/mol. The topological polar surface area (TPSA) is 59.4 Å². The Morgan fingerprint density at radius 3 is 2.61 bits per heavy atom. The van der Waals surface area contributed by atoms with Crippen LogP contribution in [0.15, 0.2) is 54.7 Å². The zero-order valence-corrected chi connectivity index (χ0v) is 17.2. The molecule has 3 aromatic rings. The van der Waals surface area contributed by atoms with E-state index in [0.29, 0.717) is 19.8 Å². The average Bonchev–Trinajstić information content (AvgIpc) is 3.16. The smallest absolute Gasteiger partial charge is 0.255 e. The molecule has 1 fully saturated rings. The third kappa shape index (κ3) is 4.81. The van der Waals surface area contributed by atoms with Crippen LogP contribution in [0.4, 0.5) is 8.78 Å². The number of carbonyl (C=O) groups is 1. The van der Waals surface area contributed by atoms with Crippen LogP contribution >= 0.6 is 0 Å². The zero-order valence-electron chi connectivity index (χ0n) is 17.2. The van der Waals surface area contributed by atoms with Crippen LogP contribution in [-0.4, -0.2) is 53.4 Å². The summed E-state index contributed by atoms with van der Waals surface area (Å²) in [6, 6.07) is 13.2. The molecule has 2 aromatic carbocycles. The van der Waals surface area contributed by atoms with Crippen molar-refractivity contribution in [1.82, 2.24) is 20.0 Å². The highest BCUT2D eigenvalue weighted by Crippen LogP contribution is 2.26. The number of halogens is 2. The number of ether oxygens (including phenoxy) is 1. The first-order valence-electron chi connectivity index (χ1n) is 10.2. The van der Waals surface area contributed by atoms with Gasteiger partial charge in [0.1, 0.15) is 17.3 Å². The molecule has 6 nitrogen and oxygen atoms in total. The quantitative estimate of drug-likeness (QED) is 0.658. The van der Waals surface area contributed by atoms with Gasteiger partial charge in [0.2, 0.25) is 0 Å². The van der Waals surface area contributed by atoms with Crippen LogP contribution in [0.1, 0.15) is 22.0 Å². The van der Waals surface area contributed by atoms with Crippen LogP contribution in [0.2, 0.25) is 0 Å². The molecule has 1 aliphatic heterocycles. The van der Waals surface area contributed by atoms with E-state index in [1.807, 2.05) is 30.3 Å². The van der Waals surface area contributed by atoms with Gasteiger partial charge in [-0.15, -0.1) is 0 Å². The van der Waals surface area contributed by atoms with Crippen molar-refractivity contribution in [3.05, 3.63) is 77.5 Å². The fourth-order valence-corrected chi connectivity index (χ4v) is 3.84. The minimum atomic E-state index is -0.761. The van der Waals surface area contributed by atoms with E-state index in [0.717, 1.165) is 30.8 Å². The molecule has 0 aliphatic carbocycles. The molecule has 1 atom stereocenters. The van der Waals surface area contributed by atoms with Crippen molar-refractivity contribution in [2.24, 2.45) is 7.05 Å². The van der Waals surface area contributed by atoms with E-state index in [9.17, 15) is 13.6 Å². The minimum absolute atomic E-state index is 0.0169. The first-order chi connectivity index (χ1) is 15.0. The Kier molecular flexibility index (Phi) is 6.39. The van der Waals surface area contributed by atoms with Crippen molar-refractivity contribution in [3.8, 4) is 11.3 Å². The van der Waals surface area contributed by atoms with Gasteiger partial charge in [-0.25, -0.2) is 8.78 Å². The summed E-state index contributed by atoms with van der Waals surface area (Å²) in [6.07, 6.45) is 1.54. The Morgan fingerprint density at radius 1 is 1.16 bits per heavy atom. The minimum Gasteiger partial charge on any atom is -0.379 e. The summed E-state index contributed by atoms with van der Waals surface area (Å²) in [7, 11) is 1.65. The molecule has 1 aromatic heterocycles.